The number of hydrogen-bond acceptors (Lipinski definition) is 4. The first-order valence-corrected chi connectivity index (χ1v) is 8.62. The van der Waals surface area contributed by atoms with Crippen LogP contribution in [0.4, 0.5) is 0 Å². The molecule has 0 aliphatic heterocycles. The molecular formula is C15H18N2S2. The summed E-state index contributed by atoms with van der Waals surface area (Å²) >= 11 is 3.61. The van der Waals surface area contributed by atoms with Gasteiger partial charge in [0, 0.05) is 28.4 Å². The minimum absolute atomic E-state index is 0.746. The Bertz CT molecular complexity index is 529. The Kier molecular flexibility index (Phi) is 4.21. The monoisotopic (exact) mass is 290 g/mol. The Morgan fingerprint density at radius 3 is 2.79 bits per heavy atom. The molecule has 3 rings (SSSR count). The first-order chi connectivity index (χ1) is 9.35. The van der Waals surface area contributed by atoms with Crippen LogP contribution in [0.2, 0.25) is 0 Å². The van der Waals surface area contributed by atoms with Gasteiger partial charge in [-0.3, -0.25) is 0 Å². The molecule has 0 bridgehead atoms. The van der Waals surface area contributed by atoms with Gasteiger partial charge in [0.15, 0.2) is 0 Å². The quantitative estimate of drug-likeness (QED) is 0.808. The molecule has 100 valence electrons. The first-order valence-electron chi connectivity index (χ1n) is 6.76. The predicted molar refractivity (Wildman–Crippen MR) is 83.8 cm³/mol. The lowest BCUT2D eigenvalue weighted by Gasteiger charge is -2.00. The van der Waals surface area contributed by atoms with E-state index >= 15 is 0 Å². The fourth-order valence-electron chi connectivity index (χ4n) is 1.92. The summed E-state index contributed by atoms with van der Waals surface area (Å²) in [6, 6.07) is 9.47. The van der Waals surface area contributed by atoms with Crippen molar-refractivity contribution in [1.29, 1.82) is 0 Å². The number of nitrogens with one attached hydrogen (secondary N) is 1. The van der Waals surface area contributed by atoms with Gasteiger partial charge in [-0.05, 0) is 30.7 Å². The normalized spacial score (nSPS) is 14.8. The molecule has 1 heterocycles. The second-order valence-electron chi connectivity index (χ2n) is 4.76. The zero-order chi connectivity index (χ0) is 13.1. The van der Waals surface area contributed by atoms with E-state index in [0.717, 1.165) is 23.3 Å². The van der Waals surface area contributed by atoms with Gasteiger partial charge in [-0.2, -0.15) is 0 Å². The number of aromatic nitrogens is 1. The summed E-state index contributed by atoms with van der Waals surface area (Å²) in [5.41, 5.74) is 2.39. The van der Waals surface area contributed by atoms with Gasteiger partial charge in [0.25, 0.3) is 0 Å². The van der Waals surface area contributed by atoms with Crippen LogP contribution < -0.4 is 5.32 Å². The van der Waals surface area contributed by atoms with Gasteiger partial charge in [0.1, 0.15) is 5.01 Å². The molecule has 2 aromatic rings. The van der Waals surface area contributed by atoms with Crippen molar-refractivity contribution in [2.24, 2.45) is 0 Å². The van der Waals surface area contributed by atoms with Crippen LogP contribution >= 0.6 is 23.1 Å². The molecule has 1 aromatic carbocycles. The Balaban J connectivity index is 1.66. The van der Waals surface area contributed by atoms with E-state index in [-0.39, 0.29) is 0 Å². The second kappa shape index (κ2) is 6.07. The van der Waals surface area contributed by atoms with Crippen molar-refractivity contribution in [1.82, 2.24) is 10.3 Å². The summed E-state index contributed by atoms with van der Waals surface area (Å²) in [6.07, 6.45) is 2.65. The summed E-state index contributed by atoms with van der Waals surface area (Å²) in [6.45, 7) is 3.09. The molecule has 0 amide bonds. The van der Waals surface area contributed by atoms with E-state index in [0.29, 0.717) is 0 Å². The third kappa shape index (κ3) is 3.59. The average Bonchev–Trinajstić information content (AvgIpc) is 3.15. The molecule has 0 saturated heterocycles. The zero-order valence-corrected chi connectivity index (χ0v) is 12.7. The van der Waals surface area contributed by atoms with Crippen molar-refractivity contribution >= 4 is 23.1 Å². The molecular weight excluding hydrogens is 272 g/mol. The molecule has 1 N–H and O–H groups in total. The van der Waals surface area contributed by atoms with Crippen molar-refractivity contribution in [2.45, 2.75) is 37.2 Å². The highest BCUT2D eigenvalue weighted by Crippen LogP contribution is 2.27. The summed E-state index contributed by atoms with van der Waals surface area (Å²) in [4.78, 5) is 6.04. The lowest BCUT2D eigenvalue weighted by atomic mass is 10.2. The van der Waals surface area contributed by atoms with Crippen molar-refractivity contribution in [3.63, 3.8) is 0 Å². The molecule has 0 atom stereocenters. The fourth-order valence-corrected chi connectivity index (χ4v) is 3.41. The maximum Gasteiger partial charge on any atom is 0.123 e. The molecule has 1 aromatic heterocycles. The van der Waals surface area contributed by atoms with Gasteiger partial charge in [-0.15, -0.1) is 23.1 Å². The molecule has 1 aliphatic rings. The van der Waals surface area contributed by atoms with E-state index in [1.165, 1.54) is 29.0 Å². The molecule has 0 radical (unpaired) electrons. The van der Waals surface area contributed by atoms with E-state index in [4.69, 9.17) is 4.98 Å². The number of hydrogen-bond donors (Lipinski definition) is 1. The zero-order valence-electron chi connectivity index (χ0n) is 11.1. The summed E-state index contributed by atoms with van der Waals surface area (Å²) < 4.78 is 0. The van der Waals surface area contributed by atoms with E-state index in [1.807, 2.05) is 11.8 Å². The molecule has 0 spiro atoms. The largest absolute Gasteiger partial charge is 0.308 e. The summed E-state index contributed by atoms with van der Waals surface area (Å²) in [5, 5.41) is 6.80. The molecule has 2 nitrogen and oxygen atoms in total. The molecule has 0 unspecified atom stereocenters. The van der Waals surface area contributed by atoms with Crippen LogP contribution in [-0.2, 0) is 6.54 Å². The number of nitrogens with zero attached hydrogens (tertiary/aromatic N) is 1. The molecule has 4 heteroatoms. The Labute approximate surface area is 122 Å². The van der Waals surface area contributed by atoms with Crippen LogP contribution in [0, 0.1) is 0 Å². The number of thiazole rings is 1. The number of benzene rings is 1. The van der Waals surface area contributed by atoms with Crippen molar-refractivity contribution in [3.8, 4) is 10.6 Å². The van der Waals surface area contributed by atoms with Crippen LogP contribution in [0.3, 0.4) is 0 Å². The van der Waals surface area contributed by atoms with Gasteiger partial charge in [-0.25, -0.2) is 4.98 Å². The lowest BCUT2D eigenvalue weighted by molar-refractivity contribution is 0.678. The first kappa shape index (κ1) is 13.2. The van der Waals surface area contributed by atoms with Gasteiger partial charge < -0.3 is 5.32 Å². The van der Waals surface area contributed by atoms with Gasteiger partial charge in [0.05, 0.1) is 5.69 Å². The standard InChI is InChI=1S/C15H18N2S2/c1-2-18-14-7-3-11(4-8-14)15-17-13(10-19-15)9-16-12-5-6-12/h3-4,7-8,10,12,16H,2,5-6,9H2,1H3. The highest BCUT2D eigenvalue weighted by Gasteiger charge is 2.20. The topological polar surface area (TPSA) is 24.9 Å². The van der Waals surface area contributed by atoms with E-state index < -0.39 is 0 Å². The van der Waals surface area contributed by atoms with Crippen molar-refractivity contribution in [2.75, 3.05) is 5.75 Å². The van der Waals surface area contributed by atoms with Crippen LogP contribution in [0.25, 0.3) is 10.6 Å². The van der Waals surface area contributed by atoms with E-state index in [1.54, 1.807) is 11.3 Å². The second-order valence-corrected chi connectivity index (χ2v) is 6.95. The third-order valence-electron chi connectivity index (χ3n) is 3.11. The summed E-state index contributed by atoms with van der Waals surface area (Å²) in [7, 11) is 0. The van der Waals surface area contributed by atoms with Crippen LogP contribution in [0.1, 0.15) is 25.5 Å². The van der Waals surface area contributed by atoms with Crippen LogP contribution in [0.15, 0.2) is 34.5 Å². The van der Waals surface area contributed by atoms with E-state index in [9.17, 15) is 0 Å². The lowest BCUT2D eigenvalue weighted by Crippen LogP contribution is -2.15. The van der Waals surface area contributed by atoms with Crippen LogP contribution in [-0.4, -0.2) is 16.8 Å². The van der Waals surface area contributed by atoms with Crippen LogP contribution in [0.5, 0.6) is 0 Å². The minimum Gasteiger partial charge on any atom is -0.308 e. The highest BCUT2D eigenvalue weighted by atomic mass is 32.2. The van der Waals surface area contributed by atoms with Gasteiger partial charge >= 0.3 is 0 Å². The Hall–Kier alpha value is -0.840. The third-order valence-corrected chi connectivity index (χ3v) is 4.95. The Morgan fingerprint density at radius 2 is 2.11 bits per heavy atom. The molecule has 1 fully saturated rings. The van der Waals surface area contributed by atoms with Crippen molar-refractivity contribution in [3.05, 3.63) is 35.3 Å². The smallest absolute Gasteiger partial charge is 0.123 e. The average molecular weight is 290 g/mol. The molecule has 1 aliphatic carbocycles. The predicted octanol–water partition coefficient (Wildman–Crippen LogP) is 4.17. The number of rotatable bonds is 6. The highest BCUT2D eigenvalue weighted by molar-refractivity contribution is 7.99. The molecule has 19 heavy (non-hydrogen) atoms. The Morgan fingerprint density at radius 1 is 1.32 bits per heavy atom. The number of thioether (sulfide) groups is 1. The maximum absolute atomic E-state index is 4.71. The SMILES string of the molecule is CCSc1ccc(-c2nc(CNC3CC3)cs2)cc1. The van der Waals surface area contributed by atoms with E-state index in [2.05, 4.69) is 41.9 Å². The summed E-state index contributed by atoms with van der Waals surface area (Å²) in [5.74, 6) is 1.12. The minimum atomic E-state index is 0.746. The molecule has 1 saturated carbocycles. The van der Waals surface area contributed by atoms with Crippen molar-refractivity contribution < 1.29 is 0 Å². The van der Waals surface area contributed by atoms with Gasteiger partial charge in [-0.1, -0.05) is 19.1 Å². The maximum atomic E-state index is 4.71. The van der Waals surface area contributed by atoms with Gasteiger partial charge in [0.2, 0.25) is 0 Å². The fraction of sp³-hybridized carbons (Fsp3) is 0.400.